The largest absolute Gasteiger partial charge is 0.495 e. The molecule has 3 aromatic rings. The zero-order valence-corrected chi connectivity index (χ0v) is 19.6. The molecule has 0 aliphatic carbocycles. The summed E-state index contributed by atoms with van der Waals surface area (Å²) in [6, 6.07) is 13.6. The molecule has 1 aliphatic rings. The van der Waals surface area contributed by atoms with Crippen LogP contribution in [-0.4, -0.2) is 36.1 Å². The van der Waals surface area contributed by atoms with E-state index in [1.54, 1.807) is 49.5 Å². The number of hydrogen-bond donors (Lipinski definition) is 1. The van der Waals surface area contributed by atoms with Gasteiger partial charge in [-0.05, 0) is 50.1 Å². The van der Waals surface area contributed by atoms with E-state index in [0.29, 0.717) is 16.5 Å². The van der Waals surface area contributed by atoms with Crippen molar-refractivity contribution in [1.82, 2.24) is 9.97 Å². The van der Waals surface area contributed by atoms with Gasteiger partial charge in [0.05, 0.1) is 12.8 Å². The molecule has 2 aromatic carbocycles. The predicted molar refractivity (Wildman–Crippen MR) is 129 cm³/mol. The molecular formula is C24H25ClN4O2S. The van der Waals surface area contributed by atoms with Crippen molar-refractivity contribution in [1.29, 1.82) is 0 Å². The fourth-order valence-corrected chi connectivity index (χ4v) is 4.75. The lowest BCUT2D eigenvalue weighted by Crippen LogP contribution is -2.39. The topological polar surface area (TPSA) is 67.3 Å². The Morgan fingerprint density at radius 2 is 1.84 bits per heavy atom. The molecule has 166 valence electrons. The maximum absolute atomic E-state index is 12.9. The molecule has 0 unspecified atom stereocenters. The van der Waals surface area contributed by atoms with Crippen LogP contribution in [0.4, 0.5) is 11.5 Å². The van der Waals surface area contributed by atoms with Gasteiger partial charge < -0.3 is 15.0 Å². The fourth-order valence-electron chi connectivity index (χ4n) is 3.69. The average molecular weight is 469 g/mol. The van der Waals surface area contributed by atoms with Gasteiger partial charge in [0.2, 0.25) is 5.91 Å². The second kappa shape index (κ2) is 10.2. The van der Waals surface area contributed by atoms with Gasteiger partial charge in [-0.25, -0.2) is 9.97 Å². The summed E-state index contributed by atoms with van der Waals surface area (Å²) in [5.41, 5.74) is 1.82. The lowest BCUT2D eigenvalue weighted by Gasteiger charge is -2.32. The third-order valence-electron chi connectivity index (χ3n) is 5.47. The van der Waals surface area contributed by atoms with Crippen LogP contribution in [0.1, 0.15) is 18.4 Å². The van der Waals surface area contributed by atoms with Crippen molar-refractivity contribution in [2.24, 2.45) is 5.92 Å². The van der Waals surface area contributed by atoms with Crippen LogP contribution in [0.5, 0.6) is 5.75 Å². The van der Waals surface area contributed by atoms with Gasteiger partial charge in [-0.1, -0.05) is 41.1 Å². The van der Waals surface area contributed by atoms with Crippen molar-refractivity contribution >= 4 is 40.8 Å². The number of hydrogen-bond acceptors (Lipinski definition) is 6. The van der Waals surface area contributed by atoms with Crippen LogP contribution in [-0.2, 0) is 4.79 Å². The number of anilines is 2. The van der Waals surface area contributed by atoms with E-state index in [4.69, 9.17) is 16.3 Å². The van der Waals surface area contributed by atoms with Crippen LogP contribution in [0.15, 0.2) is 64.8 Å². The number of nitrogens with one attached hydrogen (secondary N) is 1. The van der Waals surface area contributed by atoms with Gasteiger partial charge in [0, 0.05) is 41.3 Å². The minimum Gasteiger partial charge on any atom is -0.495 e. The first-order valence-electron chi connectivity index (χ1n) is 10.5. The van der Waals surface area contributed by atoms with Crippen LogP contribution >= 0.6 is 23.4 Å². The van der Waals surface area contributed by atoms with Crippen molar-refractivity contribution in [2.75, 3.05) is 30.4 Å². The molecule has 1 fully saturated rings. The molecular weight excluding hydrogens is 444 g/mol. The van der Waals surface area contributed by atoms with Gasteiger partial charge >= 0.3 is 0 Å². The molecule has 1 N–H and O–H groups in total. The van der Waals surface area contributed by atoms with E-state index in [0.717, 1.165) is 41.7 Å². The van der Waals surface area contributed by atoms with Gasteiger partial charge in [-0.15, -0.1) is 0 Å². The maximum atomic E-state index is 12.9. The molecule has 0 spiro atoms. The van der Waals surface area contributed by atoms with Crippen molar-refractivity contribution in [3.8, 4) is 5.75 Å². The number of methoxy groups -OCH3 is 1. The van der Waals surface area contributed by atoms with Gasteiger partial charge in [-0.2, -0.15) is 0 Å². The predicted octanol–water partition coefficient (Wildman–Crippen LogP) is 5.45. The SMILES string of the molecule is COc1ccc(Cl)cc1NC(=O)C1CCN(c2nccnc2Sc2ccc(C)cc2)CC1. The van der Waals surface area contributed by atoms with Crippen molar-refractivity contribution in [2.45, 2.75) is 29.7 Å². The van der Waals surface area contributed by atoms with E-state index >= 15 is 0 Å². The zero-order chi connectivity index (χ0) is 22.5. The summed E-state index contributed by atoms with van der Waals surface area (Å²) in [6.07, 6.45) is 4.91. The van der Waals surface area contributed by atoms with Gasteiger partial charge in [0.1, 0.15) is 10.8 Å². The molecule has 1 aliphatic heterocycles. The highest BCUT2D eigenvalue weighted by molar-refractivity contribution is 7.99. The number of nitrogens with zero attached hydrogens (tertiary/aromatic N) is 3. The number of carbonyl (C=O) groups is 1. The fraction of sp³-hybridized carbons (Fsp3) is 0.292. The number of ether oxygens (including phenoxy) is 1. The smallest absolute Gasteiger partial charge is 0.227 e. The van der Waals surface area contributed by atoms with E-state index in [2.05, 4.69) is 51.4 Å². The molecule has 8 heteroatoms. The van der Waals surface area contributed by atoms with Gasteiger partial charge in [0.25, 0.3) is 0 Å². The first-order valence-corrected chi connectivity index (χ1v) is 11.7. The monoisotopic (exact) mass is 468 g/mol. The highest BCUT2D eigenvalue weighted by atomic mass is 35.5. The standard InChI is InChI=1S/C24H25ClN4O2S/c1-16-3-6-19(7-4-16)32-24-22(26-11-12-27-24)29-13-9-17(10-14-29)23(30)28-20-15-18(25)5-8-21(20)31-2/h3-8,11-12,15,17H,9-10,13-14H2,1-2H3,(H,28,30). The van der Waals surface area contributed by atoms with E-state index in [1.807, 2.05) is 0 Å². The molecule has 0 bridgehead atoms. The third-order valence-corrected chi connectivity index (χ3v) is 6.69. The lowest BCUT2D eigenvalue weighted by molar-refractivity contribution is -0.120. The summed E-state index contributed by atoms with van der Waals surface area (Å²) in [4.78, 5) is 25.4. The number of benzene rings is 2. The van der Waals surface area contributed by atoms with Gasteiger partial charge in [0.15, 0.2) is 5.82 Å². The van der Waals surface area contributed by atoms with Gasteiger partial charge in [-0.3, -0.25) is 4.79 Å². The Morgan fingerprint density at radius 3 is 2.56 bits per heavy atom. The molecule has 6 nitrogen and oxygen atoms in total. The average Bonchev–Trinajstić information content (AvgIpc) is 2.81. The van der Waals surface area contributed by atoms with Crippen molar-refractivity contribution in [3.05, 3.63) is 65.4 Å². The van der Waals surface area contributed by atoms with Crippen molar-refractivity contribution in [3.63, 3.8) is 0 Å². The maximum Gasteiger partial charge on any atom is 0.227 e. The first kappa shape index (κ1) is 22.4. The number of halogens is 1. The Hall–Kier alpha value is -2.77. The number of aryl methyl sites for hydroxylation is 1. The number of rotatable bonds is 6. The molecule has 1 aromatic heterocycles. The number of carbonyl (C=O) groups excluding carboxylic acids is 1. The van der Waals surface area contributed by atoms with Crippen LogP contribution in [0.3, 0.4) is 0 Å². The van der Waals surface area contributed by atoms with Crippen LogP contribution in [0, 0.1) is 12.8 Å². The molecule has 0 atom stereocenters. The molecule has 0 radical (unpaired) electrons. The first-order chi connectivity index (χ1) is 15.5. The zero-order valence-electron chi connectivity index (χ0n) is 18.0. The molecule has 2 heterocycles. The Labute approximate surface area is 197 Å². The Balaban J connectivity index is 1.40. The summed E-state index contributed by atoms with van der Waals surface area (Å²) < 4.78 is 5.33. The van der Waals surface area contributed by atoms with Crippen LogP contribution in [0.25, 0.3) is 0 Å². The summed E-state index contributed by atoms with van der Waals surface area (Å²) in [5, 5.41) is 4.41. The summed E-state index contributed by atoms with van der Waals surface area (Å²) in [6.45, 7) is 3.56. The minimum atomic E-state index is -0.0835. The van der Waals surface area contributed by atoms with E-state index in [9.17, 15) is 4.79 Å². The second-order valence-corrected chi connectivity index (χ2v) is 9.19. The summed E-state index contributed by atoms with van der Waals surface area (Å²) in [7, 11) is 1.57. The molecule has 1 saturated heterocycles. The Bertz CT molecular complexity index is 1090. The Kier molecular flexibility index (Phi) is 7.17. The number of piperidine rings is 1. The quantitative estimate of drug-likeness (QED) is 0.518. The summed E-state index contributed by atoms with van der Waals surface area (Å²) in [5.74, 6) is 1.37. The highest BCUT2D eigenvalue weighted by Gasteiger charge is 2.27. The van der Waals surface area contributed by atoms with E-state index < -0.39 is 0 Å². The summed E-state index contributed by atoms with van der Waals surface area (Å²) >= 11 is 7.69. The number of amides is 1. The molecule has 1 amide bonds. The second-order valence-electron chi connectivity index (χ2n) is 7.70. The third kappa shape index (κ3) is 5.34. The van der Waals surface area contributed by atoms with E-state index in [-0.39, 0.29) is 11.8 Å². The Morgan fingerprint density at radius 1 is 1.12 bits per heavy atom. The molecule has 0 saturated carbocycles. The minimum absolute atomic E-state index is 0.0152. The molecule has 32 heavy (non-hydrogen) atoms. The van der Waals surface area contributed by atoms with Crippen LogP contribution in [0.2, 0.25) is 5.02 Å². The van der Waals surface area contributed by atoms with Crippen LogP contribution < -0.4 is 15.0 Å². The highest BCUT2D eigenvalue weighted by Crippen LogP contribution is 2.34. The van der Waals surface area contributed by atoms with E-state index in [1.165, 1.54) is 5.56 Å². The van der Waals surface area contributed by atoms with Crippen molar-refractivity contribution < 1.29 is 9.53 Å². The lowest BCUT2D eigenvalue weighted by atomic mass is 9.96. The number of aromatic nitrogens is 2. The normalized spacial score (nSPS) is 14.3. The molecule has 4 rings (SSSR count).